The van der Waals surface area contributed by atoms with Crippen LogP contribution in [0.4, 0.5) is 5.69 Å². The topological polar surface area (TPSA) is 112 Å². The molecule has 11 heteroatoms. The Kier molecular flexibility index (Phi) is 5.61. The number of rotatable bonds is 4. The molecule has 2 aromatic carbocycles. The minimum absolute atomic E-state index is 0.0584. The molecule has 27 heavy (non-hydrogen) atoms. The van der Waals surface area contributed by atoms with E-state index in [2.05, 4.69) is 31.9 Å². The minimum Gasteiger partial charge on any atom is -0.508 e. The predicted molar refractivity (Wildman–Crippen MR) is 108 cm³/mol. The van der Waals surface area contributed by atoms with Crippen molar-refractivity contribution in [2.45, 2.75) is 17.0 Å². The summed E-state index contributed by atoms with van der Waals surface area (Å²) >= 11 is 6.44. The molecule has 0 saturated carbocycles. The molecular formula is C16H15Br2NO6S2. The van der Waals surface area contributed by atoms with Gasteiger partial charge in [0.15, 0.2) is 9.84 Å². The number of aromatic hydroxyl groups is 1. The Hall–Kier alpha value is -1.14. The summed E-state index contributed by atoms with van der Waals surface area (Å²) in [6.45, 7) is 0. The summed E-state index contributed by atoms with van der Waals surface area (Å²) in [6.07, 6.45) is -1.39. The highest BCUT2D eigenvalue weighted by atomic mass is 79.9. The van der Waals surface area contributed by atoms with E-state index in [-0.39, 0.29) is 20.8 Å². The molecule has 2 atom stereocenters. The summed E-state index contributed by atoms with van der Waals surface area (Å²) < 4.78 is 52.5. The Bertz CT molecular complexity index is 1090. The molecule has 1 fully saturated rings. The molecule has 0 unspecified atom stereocenters. The predicted octanol–water partition coefficient (Wildman–Crippen LogP) is 2.27. The van der Waals surface area contributed by atoms with Gasteiger partial charge in [-0.05, 0) is 46.3 Å². The Labute approximate surface area is 173 Å². The van der Waals surface area contributed by atoms with Crippen molar-refractivity contribution in [3.05, 3.63) is 51.4 Å². The number of benzene rings is 2. The van der Waals surface area contributed by atoms with Crippen LogP contribution in [0, 0.1) is 0 Å². The molecule has 0 radical (unpaired) electrons. The molecule has 0 bridgehead atoms. The van der Waals surface area contributed by atoms with Gasteiger partial charge in [-0.3, -0.25) is 4.31 Å². The van der Waals surface area contributed by atoms with Crippen LogP contribution in [0.5, 0.6) is 5.75 Å². The Morgan fingerprint density at radius 3 is 2.37 bits per heavy atom. The van der Waals surface area contributed by atoms with Gasteiger partial charge >= 0.3 is 0 Å². The van der Waals surface area contributed by atoms with Crippen LogP contribution >= 0.6 is 31.9 Å². The molecule has 2 N–H and O–H groups in total. The first-order chi connectivity index (χ1) is 12.5. The Balaban J connectivity index is 2.22. The number of halogens is 2. The fraction of sp³-hybridized carbons (Fsp3) is 0.250. The van der Waals surface area contributed by atoms with Crippen LogP contribution in [-0.2, 0) is 19.9 Å². The molecule has 1 heterocycles. The maximum Gasteiger partial charge on any atom is 0.265 e. The Morgan fingerprint density at radius 2 is 1.78 bits per heavy atom. The minimum atomic E-state index is -4.27. The lowest BCUT2D eigenvalue weighted by atomic mass is 10.2. The van der Waals surface area contributed by atoms with Crippen molar-refractivity contribution >= 4 is 57.4 Å². The summed E-state index contributed by atoms with van der Waals surface area (Å²) in [5.41, 5.74) is 0.0584. The largest absolute Gasteiger partial charge is 0.508 e. The van der Waals surface area contributed by atoms with Crippen LogP contribution in [0.1, 0.15) is 0 Å². The highest BCUT2D eigenvalue weighted by Crippen LogP contribution is 2.36. The fourth-order valence-electron chi connectivity index (χ4n) is 2.95. The molecular weight excluding hydrogens is 526 g/mol. The fourth-order valence-corrected chi connectivity index (χ4v) is 7.96. The van der Waals surface area contributed by atoms with Crippen molar-refractivity contribution in [2.75, 3.05) is 15.8 Å². The number of phenolic OH excluding ortho intramolecular Hbond substituents is 1. The molecule has 0 spiro atoms. The number of hydrogen-bond acceptors (Lipinski definition) is 6. The first-order valence-electron chi connectivity index (χ1n) is 7.68. The van der Waals surface area contributed by atoms with Crippen LogP contribution < -0.4 is 4.31 Å². The van der Waals surface area contributed by atoms with Gasteiger partial charge in [-0.2, -0.15) is 0 Å². The zero-order valence-corrected chi connectivity index (χ0v) is 18.5. The van der Waals surface area contributed by atoms with E-state index in [4.69, 9.17) is 0 Å². The van der Waals surface area contributed by atoms with Crippen molar-refractivity contribution in [1.29, 1.82) is 0 Å². The van der Waals surface area contributed by atoms with E-state index in [1.165, 1.54) is 30.3 Å². The van der Waals surface area contributed by atoms with Crippen molar-refractivity contribution in [1.82, 2.24) is 0 Å². The van der Waals surface area contributed by atoms with Crippen LogP contribution in [0.25, 0.3) is 0 Å². The molecule has 7 nitrogen and oxygen atoms in total. The second-order valence-corrected chi connectivity index (χ2v) is 11.8. The summed E-state index contributed by atoms with van der Waals surface area (Å²) in [5.74, 6) is -1.23. The van der Waals surface area contributed by atoms with Crippen molar-refractivity contribution in [3.8, 4) is 5.75 Å². The molecule has 1 aliphatic rings. The van der Waals surface area contributed by atoms with Gasteiger partial charge in [0.05, 0.1) is 29.3 Å². The van der Waals surface area contributed by atoms with Gasteiger partial charge in [0.1, 0.15) is 10.6 Å². The first kappa shape index (κ1) is 20.6. The summed E-state index contributed by atoms with van der Waals surface area (Å²) in [5, 5.41) is 20.1. The average molecular weight is 541 g/mol. The van der Waals surface area contributed by atoms with Gasteiger partial charge < -0.3 is 10.2 Å². The Morgan fingerprint density at radius 1 is 1.07 bits per heavy atom. The van der Waals surface area contributed by atoms with Crippen LogP contribution in [0.3, 0.4) is 0 Å². The molecule has 0 aliphatic carbocycles. The van der Waals surface area contributed by atoms with E-state index in [9.17, 15) is 27.0 Å². The number of nitrogens with zero attached hydrogens (tertiary/aromatic N) is 1. The van der Waals surface area contributed by atoms with Crippen LogP contribution in [-0.4, -0.2) is 50.7 Å². The number of aliphatic hydroxyl groups is 1. The number of phenols is 1. The van der Waals surface area contributed by atoms with Crippen molar-refractivity contribution in [2.24, 2.45) is 0 Å². The monoisotopic (exact) mass is 539 g/mol. The number of hydrogen-bond donors (Lipinski definition) is 2. The van der Waals surface area contributed by atoms with Crippen molar-refractivity contribution < 1.29 is 27.0 Å². The van der Waals surface area contributed by atoms with Crippen LogP contribution in [0.2, 0.25) is 0 Å². The van der Waals surface area contributed by atoms with Gasteiger partial charge in [0.2, 0.25) is 0 Å². The lowest BCUT2D eigenvalue weighted by Gasteiger charge is -2.31. The number of anilines is 1. The zero-order valence-electron chi connectivity index (χ0n) is 13.7. The highest BCUT2D eigenvalue weighted by molar-refractivity contribution is 9.11. The quantitative estimate of drug-likeness (QED) is 0.615. The first-order valence-corrected chi connectivity index (χ1v) is 12.5. The lowest BCUT2D eigenvalue weighted by molar-refractivity contribution is 0.184. The SMILES string of the molecule is O=S1(=O)C[C@@H](O)[C@H](N(c2cccc(O)c2)S(=O)(=O)c2cc(Br)ccc2Br)C1. The second-order valence-electron chi connectivity index (χ2n) is 6.11. The molecule has 3 rings (SSSR count). The van der Waals surface area contributed by atoms with E-state index in [0.717, 1.165) is 4.31 Å². The third-order valence-corrected chi connectivity index (χ3v) is 9.15. The summed E-state index contributed by atoms with van der Waals surface area (Å²) in [7, 11) is -7.88. The molecule has 0 amide bonds. The van der Waals surface area contributed by atoms with Gasteiger partial charge in [0.25, 0.3) is 10.0 Å². The molecule has 146 valence electrons. The second kappa shape index (κ2) is 7.36. The zero-order chi connectivity index (χ0) is 20.0. The van der Waals surface area contributed by atoms with Gasteiger partial charge in [-0.15, -0.1) is 0 Å². The summed E-state index contributed by atoms with van der Waals surface area (Å²) in [4.78, 5) is -0.100. The molecule has 1 saturated heterocycles. The average Bonchev–Trinajstić information content (AvgIpc) is 2.82. The van der Waals surface area contributed by atoms with Gasteiger partial charge in [-0.1, -0.05) is 22.0 Å². The third-order valence-electron chi connectivity index (χ3n) is 4.11. The van der Waals surface area contributed by atoms with E-state index in [1.807, 2.05) is 0 Å². The molecule has 1 aliphatic heterocycles. The number of sulfonamides is 1. The van der Waals surface area contributed by atoms with Crippen molar-refractivity contribution in [3.63, 3.8) is 0 Å². The van der Waals surface area contributed by atoms with E-state index in [0.29, 0.717) is 4.47 Å². The van der Waals surface area contributed by atoms with E-state index < -0.39 is 43.5 Å². The maximum atomic E-state index is 13.4. The number of sulfone groups is 1. The normalized spacial score (nSPS) is 21.9. The van der Waals surface area contributed by atoms with Gasteiger partial charge in [-0.25, -0.2) is 16.8 Å². The molecule has 0 aromatic heterocycles. The standard InChI is InChI=1S/C16H15Br2NO6S2/c17-10-4-5-13(18)16(6-10)27(24,25)19(11-2-1-3-12(20)7-11)14-8-26(22,23)9-15(14)21/h1-7,14-15,20-21H,8-9H2/t14-,15-/m1/s1. The van der Waals surface area contributed by atoms with Crippen LogP contribution in [0.15, 0.2) is 56.3 Å². The maximum absolute atomic E-state index is 13.4. The highest BCUT2D eigenvalue weighted by Gasteiger charge is 2.45. The lowest BCUT2D eigenvalue weighted by Crippen LogP contribution is -2.47. The van der Waals surface area contributed by atoms with E-state index >= 15 is 0 Å². The van der Waals surface area contributed by atoms with Gasteiger partial charge in [0, 0.05) is 15.0 Å². The third kappa shape index (κ3) is 4.16. The molecule has 2 aromatic rings. The summed E-state index contributed by atoms with van der Waals surface area (Å²) in [6, 6.07) is 8.81. The number of aliphatic hydroxyl groups excluding tert-OH is 1. The van der Waals surface area contributed by atoms with E-state index in [1.54, 1.807) is 12.1 Å². The smallest absolute Gasteiger partial charge is 0.265 e.